The standard InChI is InChI=1S/C17H12FNO3S2/c18-12-5-2-4-11(9-12)16(21)22-13-6-1-3-10(7-13)8-14-15(20)19-17(23)24-14/h1-9,16,21H,(H,19,20,23)/b14-8-. The van der Waals surface area contributed by atoms with Gasteiger partial charge in [-0.1, -0.05) is 48.2 Å². The molecule has 7 heteroatoms. The van der Waals surface area contributed by atoms with Crippen LogP contribution in [0, 0.1) is 5.82 Å². The number of aliphatic hydroxyl groups is 1. The van der Waals surface area contributed by atoms with E-state index in [2.05, 4.69) is 5.32 Å². The number of halogens is 1. The van der Waals surface area contributed by atoms with E-state index < -0.39 is 12.1 Å². The lowest BCUT2D eigenvalue weighted by Crippen LogP contribution is -2.17. The summed E-state index contributed by atoms with van der Waals surface area (Å²) in [5.74, 6) is -0.294. The van der Waals surface area contributed by atoms with Crippen LogP contribution < -0.4 is 10.1 Å². The zero-order valence-electron chi connectivity index (χ0n) is 12.2. The van der Waals surface area contributed by atoms with Crippen molar-refractivity contribution in [3.63, 3.8) is 0 Å². The van der Waals surface area contributed by atoms with Crippen molar-refractivity contribution in [2.24, 2.45) is 0 Å². The highest BCUT2D eigenvalue weighted by molar-refractivity contribution is 8.26. The second-order valence-corrected chi connectivity index (χ2v) is 6.67. The molecule has 1 unspecified atom stereocenters. The number of hydrogen-bond donors (Lipinski definition) is 2. The van der Waals surface area contributed by atoms with E-state index in [-0.39, 0.29) is 5.91 Å². The number of hydrogen-bond acceptors (Lipinski definition) is 5. The molecule has 24 heavy (non-hydrogen) atoms. The summed E-state index contributed by atoms with van der Waals surface area (Å²) in [6, 6.07) is 12.4. The largest absolute Gasteiger partial charge is 0.461 e. The molecule has 1 fully saturated rings. The van der Waals surface area contributed by atoms with Crippen LogP contribution in [0.1, 0.15) is 17.4 Å². The molecule has 2 aromatic rings. The molecule has 1 aliphatic rings. The summed E-state index contributed by atoms with van der Waals surface area (Å²) in [5, 5.41) is 12.6. The van der Waals surface area contributed by atoms with Crippen molar-refractivity contribution in [3.05, 3.63) is 70.4 Å². The Labute approximate surface area is 147 Å². The van der Waals surface area contributed by atoms with Crippen molar-refractivity contribution in [3.8, 4) is 5.75 Å². The number of thiocarbonyl (C=S) groups is 1. The minimum absolute atomic E-state index is 0.240. The van der Waals surface area contributed by atoms with Crippen molar-refractivity contribution in [1.29, 1.82) is 0 Å². The summed E-state index contributed by atoms with van der Waals surface area (Å²) < 4.78 is 19.1. The molecule has 3 rings (SSSR count). The topological polar surface area (TPSA) is 58.6 Å². The zero-order valence-corrected chi connectivity index (χ0v) is 13.9. The molecule has 4 nitrogen and oxygen atoms in total. The van der Waals surface area contributed by atoms with E-state index in [4.69, 9.17) is 17.0 Å². The normalized spacial score (nSPS) is 17.0. The van der Waals surface area contributed by atoms with Gasteiger partial charge in [0.25, 0.3) is 5.91 Å². The minimum Gasteiger partial charge on any atom is -0.461 e. The van der Waals surface area contributed by atoms with Crippen LogP contribution in [0.3, 0.4) is 0 Å². The highest BCUT2D eigenvalue weighted by atomic mass is 32.2. The van der Waals surface area contributed by atoms with Crippen LogP contribution in [0.5, 0.6) is 5.75 Å². The number of ether oxygens (including phenoxy) is 1. The summed E-state index contributed by atoms with van der Waals surface area (Å²) in [6.45, 7) is 0. The molecular weight excluding hydrogens is 349 g/mol. The second-order valence-electron chi connectivity index (χ2n) is 4.95. The van der Waals surface area contributed by atoms with Crippen LogP contribution in [-0.2, 0) is 4.79 Å². The first-order valence-electron chi connectivity index (χ1n) is 6.96. The van der Waals surface area contributed by atoms with Gasteiger partial charge in [0.1, 0.15) is 15.9 Å². The first-order chi connectivity index (χ1) is 11.5. The molecule has 1 aliphatic heterocycles. The summed E-state index contributed by atoms with van der Waals surface area (Å²) in [5.41, 5.74) is 1.04. The fourth-order valence-corrected chi connectivity index (χ4v) is 3.15. The number of thioether (sulfide) groups is 1. The van der Waals surface area contributed by atoms with Crippen molar-refractivity contribution >= 4 is 40.3 Å². The maximum atomic E-state index is 13.2. The number of benzene rings is 2. The fraction of sp³-hybridized carbons (Fsp3) is 0.0588. The highest BCUT2D eigenvalue weighted by Gasteiger charge is 2.22. The van der Waals surface area contributed by atoms with Crippen molar-refractivity contribution in [2.45, 2.75) is 6.29 Å². The number of nitrogens with one attached hydrogen (secondary N) is 1. The lowest BCUT2D eigenvalue weighted by molar-refractivity contribution is -0.115. The van der Waals surface area contributed by atoms with Gasteiger partial charge in [-0.15, -0.1) is 0 Å². The first-order valence-corrected chi connectivity index (χ1v) is 8.19. The van der Waals surface area contributed by atoms with Crippen LogP contribution in [0.25, 0.3) is 6.08 Å². The van der Waals surface area contributed by atoms with E-state index in [1.165, 1.54) is 30.0 Å². The quantitative estimate of drug-likeness (QED) is 0.497. The fourth-order valence-electron chi connectivity index (χ4n) is 2.11. The average molecular weight is 361 g/mol. The van der Waals surface area contributed by atoms with E-state index in [1.807, 2.05) is 0 Å². The van der Waals surface area contributed by atoms with Crippen molar-refractivity contribution in [1.82, 2.24) is 5.32 Å². The summed E-state index contributed by atoms with van der Waals surface area (Å²) in [4.78, 5) is 12.2. The van der Waals surface area contributed by atoms with Gasteiger partial charge in [0.2, 0.25) is 6.29 Å². The predicted octanol–water partition coefficient (Wildman–Crippen LogP) is 3.38. The molecule has 1 heterocycles. The van der Waals surface area contributed by atoms with Gasteiger partial charge in [0, 0.05) is 5.56 Å². The Morgan fingerprint density at radius 3 is 2.75 bits per heavy atom. The Morgan fingerprint density at radius 2 is 2.04 bits per heavy atom. The molecule has 1 amide bonds. The van der Waals surface area contributed by atoms with Crippen molar-refractivity contribution in [2.75, 3.05) is 0 Å². The Bertz CT molecular complexity index is 838. The molecule has 122 valence electrons. The minimum atomic E-state index is -1.29. The Hall–Kier alpha value is -2.22. The zero-order chi connectivity index (χ0) is 17.1. The smallest absolute Gasteiger partial charge is 0.263 e. The van der Waals surface area contributed by atoms with E-state index in [1.54, 1.807) is 36.4 Å². The molecule has 0 aliphatic carbocycles. The van der Waals surface area contributed by atoms with Crippen LogP contribution >= 0.6 is 24.0 Å². The van der Waals surface area contributed by atoms with Gasteiger partial charge < -0.3 is 15.2 Å². The second kappa shape index (κ2) is 7.12. The monoisotopic (exact) mass is 361 g/mol. The molecule has 0 bridgehead atoms. The molecule has 2 aromatic carbocycles. The molecule has 0 spiro atoms. The molecule has 2 N–H and O–H groups in total. The molecule has 1 saturated heterocycles. The van der Waals surface area contributed by atoms with E-state index in [9.17, 15) is 14.3 Å². The van der Waals surface area contributed by atoms with Gasteiger partial charge in [0.15, 0.2) is 0 Å². The molecule has 0 radical (unpaired) electrons. The Balaban J connectivity index is 1.77. The number of rotatable bonds is 4. The third kappa shape index (κ3) is 4.00. The van der Waals surface area contributed by atoms with Crippen molar-refractivity contribution < 1.29 is 19.0 Å². The SMILES string of the molecule is O=C1NC(=S)S/C1=C\c1cccc(OC(O)c2cccc(F)c2)c1. The number of carbonyl (C=O) groups is 1. The van der Waals surface area contributed by atoms with Crippen LogP contribution in [0.15, 0.2) is 53.4 Å². The summed E-state index contributed by atoms with van der Waals surface area (Å²) >= 11 is 6.13. The van der Waals surface area contributed by atoms with Gasteiger partial charge in [-0.3, -0.25) is 4.79 Å². The summed E-state index contributed by atoms with van der Waals surface area (Å²) in [7, 11) is 0. The van der Waals surface area contributed by atoms with Gasteiger partial charge >= 0.3 is 0 Å². The lowest BCUT2D eigenvalue weighted by atomic mass is 10.2. The maximum Gasteiger partial charge on any atom is 0.263 e. The molecule has 0 saturated carbocycles. The Morgan fingerprint density at radius 1 is 1.25 bits per heavy atom. The Kier molecular flexibility index (Phi) is 4.94. The van der Waals surface area contributed by atoms with Gasteiger partial charge in [-0.25, -0.2) is 4.39 Å². The highest BCUT2D eigenvalue weighted by Crippen LogP contribution is 2.28. The molecule has 1 atom stereocenters. The first kappa shape index (κ1) is 16.6. The van der Waals surface area contributed by atoms with Crippen LogP contribution in [-0.4, -0.2) is 15.3 Å². The van der Waals surface area contributed by atoms with Crippen LogP contribution in [0.4, 0.5) is 4.39 Å². The number of amides is 1. The molecular formula is C17H12FNO3S2. The lowest BCUT2D eigenvalue weighted by Gasteiger charge is -2.14. The van der Waals surface area contributed by atoms with Gasteiger partial charge in [-0.05, 0) is 35.9 Å². The van der Waals surface area contributed by atoms with E-state index in [0.29, 0.717) is 20.5 Å². The molecule has 0 aromatic heterocycles. The van der Waals surface area contributed by atoms with E-state index >= 15 is 0 Å². The summed E-state index contributed by atoms with van der Waals surface area (Å²) in [6.07, 6.45) is 0.390. The van der Waals surface area contributed by atoms with Gasteiger partial charge in [0.05, 0.1) is 4.91 Å². The third-order valence-electron chi connectivity index (χ3n) is 3.18. The maximum absolute atomic E-state index is 13.2. The number of carbonyl (C=O) groups excluding carboxylic acids is 1. The van der Waals surface area contributed by atoms with Gasteiger partial charge in [-0.2, -0.15) is 0 Å². The average Bonchev–Trinajstić information content (AvgIpc) is 2.85. The van der Waals surface area contributed by atoms with Crippen LogP contribution in [0.2, 0.25) is 0 Å². The third-order valence-corrected chi connectivity index (χ3v) is 4.34. The number of aliphatic hydroxyl groups excluding tert-OH is 1. The predicted molar refractivity (Wildman–Crippen MR) is 94.7 cm³/mol. The van der Waals surface area contributed by atoms with E-state index in [0.717, 1.165) is 5.56 Å².